The maximum atomic E-state index is 13.4. The number of nitrogens with one attached hydrogen (secondary N) is 4. The van der Waals surface area contributed by atoms with E-state index >= 15 is 0 Å². The quantitative estimate of drug-likeness (QED) is 0.201. The van der Waals surface area contributed by atoms with Crippen LogP contribution in [0.2, 0.25) is 0 Å². The van der Waals surface area contributed by atoms with Crippen LogP contribution in [-0.4, -0.2) is 65.0 Å². The van der Waals surface area contributed by atoms with Crippen LogP contribution in [0.25, 0.3) is 11.0 Å². The molecule has 0 unspecified atom stereocenters. The summed E-state index contributed by atoms with van der Waals surface area (Å²) in [4.78, 5) is 70.6. The second-order valence-corrected chi connectivity index (χ2v) is 11.6. The van der Waals surface area contributed by atoms with Crippen LogP contribution in [0.15, 0.2) is 71.7 Å². The van der Waals surface area contributed by atoms with Gasteiger partial charge in [-0.2, -0.15) is 0 Å². The molecule has 6 N–H and O–H groups in total. The number of hydrogen-bond acceptors (Lipinski definition) is 8. The zero-order valence-corrected chi connectivity index (χ0v) is 26.9. The Kier molecular flexibility index (Phi) is 10.8. The van der Waals surface area contributed by atoms with Crippen molar-refractivity contribution in [3.8, 4) is 5.75 Å². The SMILES string of the molecule is CCn1cc(C(=O)Nc2ccc3c(c2)C(=O)NCCC(=O)N[C@H](CCN)C(=O)N[C@@H](Cc2ccccc2)CO3)c(=O)c2ccc(C)nc21. The van der Waals surface area contributed by atoms with Gasteiger partial charge in [-0.15, -0.1) is 0 Å². The van der Waals surface area contributed by atoms with E-state index in [-0.39, 0.29) is 61.0 Å². The molecule has 48 heavy (non-hydrogen) atoms. The average molecular weight is 654 g/mol. The number of pyridine rings is 2. The van der Waals surface area contributed by atoms with Gasteiger partial charge in [0.2, 0.25) is 17.2 Å². The highest BCUT2D eigenvalue weighted by Crippen LogP contribution is 2.24. The topological polar surface area (TPSA) is 187 Å². The Morgan fingerprint density at radius 3 is 2.60 bits per heavy atom. The van der Waals surface area contributed by atoms with Crippen LogP contribution in [-0.2, 0) is 22.6 Å². The normalized spacial score (nSPS) is 17.3. The molecule has 13 nitrogen and oxygen atoms in total. The van der Waals surface area contributed by atoms with E-state index in [0.29, 0.717) is 24.0 Å². The molecule has 4 aromatic rings. The van der Waals surface area contributed by atoms with Crippen LogP contribution in [0.4, 0.5) is 5.69 Å². The van der Waals surface area contributed by atoms with Crippen LogP contribution in [0.1, 0.15) is 51.7 Å². The number of benzene rings is 2. The van der Waals surface area contributed by atoms with Gasteiger partial charge < -0.3 is 36.3 Å². The van der Waals surface area contributed by atoms with E-state index in [9.17, 15) is 24.0 Å². The lowest BCUT2D eigenvalue weighted by Crippen LogP contribution is -2.52. The standard InChI is InChI=1S/C35H39N7O6/c1-3-42-19-27(31(44)25-11-9-21(2)38-32(25)42)34(46)39-23-10-12-29-26(18-23)33(45)37-16-14-30(43)41-28(13-15-36)35(47)40-24(20-48-29)17-22-7-5-4-6-8-22/h4-12,18-19,24,28H,3,13-17,20,36H2,1-2H3,(H,37,45)(H,39,46)(H,40,47)(H,41,43)/t24-,28+/m0/s1. The van der Waals surface area contributed by atoms with Crippen molar-refractivity contribution in [1.82, 2.24) is 25.5 Å². The molecular formula is C35H39N7O6. The Morgan fingerprint density at radius 1 is 1.06 bits per heavy atom. The highest BCUT2D eigenvalue weighted by molar-refractivity contribution is 6.06. The fraction of sp³-hybridized carbons (Fsp3) is 0.314. The number of nitrogens with zero attached hydrogens (tertiary/aromatic N) is 2. The molecule has 2 aromatic heterocycles. The summed E-state index contributed by atoms with van der Waals surface area (Å²) in [6, 6.07) is 16.1. The number of aryl methyl sites for hydroxylation is 2. The van der Waals surface area contributed by atoms with Crippen LogP contribution < -0.4 is 37.2 Å². The Labute approximate surface area is 277 Å². The summed E-state index contributed by atoms with van der Waals surface area (Å²) in [6.07, 6.45) is 2.05. The Morgan fingerprint density at radius 2 is 1.85 bits per heavy atom. The number of ether oxygens (including phenoxy) is 1. The molecule has 1 aliphatic heterocycles. The van der Waals surface area contributed by atoms with E-state index in [2.05, 4.69) is 26.3 Å². The first-order chi connectivity index (χ1) is 23.2. The van der Waals surface area contributed by atoms with Crippen molar-refractivity contribution in [2.24, 2.45) is 5.73 Å². The van der Waals surface area contributed by atoms with Crippen molar-refractivity contribution in [3.05, 3.63) is 99.5 Å². The van der Waals surface area contributed by atoms with Crippen molar-refractivity contribution in [1.29, 1.82) is 0 Å². The molecule has 0 fully saturated rings. The predicted octanol–water partition coefficient (Wildman–Crippen LogP) is 2.05. The summed E-state index contributed by atoms with van der Waals surface area (Å²) in [5, 5.41) is 11.5. The molecule has 3 heterocycles. The molecule has 0 aliphatic carbocycles. The molecule has 0 saturated carbocycles. The van der Waals surface area contributed by atoms with E-state index in [1.165, 1.54) is 12.3 Å². The number of hydrogen-bond donors (Lipinski definition) is 5. The fourth-order valence-electron chi connectivity index (χ4n) is 5.50. The molecule has 2 atom stereocenters. The smallest absolute Gasteiger partial charge is 0.261 e. The molecular weight excluding hydrogens is 614 g/mol. The minimum Gasteiger partial charge on any atom is -0.491 e. The van der Waals surface area contributed by atoms with Gasteiger partial charge in [0.15, 0.2) is 0 Å². The first kappa shape index (κ1) is 33.8. The molecule has 4 amide bonds. The number of carbonyl (C=O) groups is 4. The molecule has 1 aliphatic rings. The lowest BCUT2D eigenvalue weighted by Gasteiger charge is -2.25. The third-order valence-corrected chi connectivity index (χ3v) is 7.98. The fourth-order valence-corrected chi connectivity index (χ4v) is 5.50. The van der Waals surface area contributed by atoms with Crippen molar-refractivity contribution in [2.75, 3.05) is 25.0 Å². The Bertz CT molecular complexity index is 1890. The van der Waals surface area contributed by atoms with Gasteiger partial charge in [-0.1, -0.05) is 30.3 Å². The van der Waals surface area contributed by atoms with Gasteiger partial charge >= 0.3 is 0 Å². The summed E-state index contributed by atoms with van der Waals surface area (Å²) < 4.78 is 7.88. The number of anilines is 1. The zero-order chi connectivity index (χ0) is 34.2. The first-order valence-corrected chi connectivity index (χ1v) is 15.9. The molecule has 5 rings (SSSR count). The van der Waals surface area contributed by atoms with Crippen molar-refractivity contribution in [3.63, 3.8) is 0 Å². The molecule has 0 spiro atoms. The van der Waals surface area contributed by atoms with Gasteiger partial charge in [0.1, 0.15) is 29.6 Å². The van der Waals surface area contributed by atoms with E-state index < -0.39 is 35.2 Å². The Balaban J connectivity index is 1.44. The number of amides is 4. The van der Waals surface area contributed by atoms with E-state index in [1.54, 1.807) is 28.8 Å². The molecule has 2 aromatic carbocycles. The predicted molar refractivity (Wildman–Crippen MR) is 181 cm³/mol. The van der Waals surface area contributed by atoms with Crippen LogP contribution in [0.3, 0.4) is 0 Å². The van der Waals surface area contributed by atoms with Gasteiger partial charge in [0, 0.05) is 37.1 Å². The van der Waals surface area contributed by atoms with Crippen molar-refractivity contribution < 1.29 is 23.9 Å². The van der Waals surface area contributed by atoms with Crippen molar-refractivity contribution in [2.45, 2.75) is 51.7 Å². The van der Waals surface area contributed by atoms with E-state index in [4.69, 9.17) is 10.5 Å². The molecule has 250 valence electrons. The van der Waals surface area contributed by atoms with Gasteiger partial charge in [0.25, 0.3) is 11.8 Å². The van der Waals surface area contributed by atoms with Gasteiger partial charge in [0.05, 0.1) is 17.0 Å². The monoisotopic (exact) mass is 653 g/mol. The number of carbonyl (C=O) groups excluding carboxylic acids is 4. The number of aromatic nitrogens is 2. The lowest BCUT2D eigenvalue weighted by atomic mass is 10.1. The maximum absolute atomic E-state index is 13.4. The van der Waals surface area contributed by atoms with E-state index in [0.717, 1.165) is 11.3 Å². The summed E-state index contributed by atoms with van der Waals surface area (Å²) in [7, 11) is 0. The molecule has 0 bridgehead atoms. The van der Waals surface area contributed by atoms with Gasteiger partial charge in [-0.3, -0.25) is 24.0 Å². The average Bonchev–Trinajstić information content (AvgIpc) is 3.07. The molecule has 0 saturated heterocycles. The molecule has 13 heteroatoms. The van der Waals surface area contributed by atoms with Crippen LogP contribution in [0, 0.1) is 6.92 Å². The van der Waals surface area contributed by atoms with Crippen LogP contribution in [0.5, 0.6) is 5.75 Å². The highest BCUT2D eigenvalue weighted by atomic mass is 16.5. The summed E-state index contributed by atoms with van der Waals surface area (Å²) in [5.74, 6) is -1.79. The third kappa shape index (κ3) is 8.04. The van der Waals surface area contributed by atoms with Gasteiger partial charge in [-0.25, -0.2) is 4.98 Å². The largest absolute Gasteiger partial charge is 0.491 e. The first-order valence-electron chi connectivity index (χ1n) is 15.9. The van der Waals surface area contributed by atoms with Crippen LogP contribution >= 0.6 is 0 Å². The summed E-state index contributed by atoms with van der Waals surface area (Å²) in [5.41, 5.74) is 7.72. The van der Waals surface area contributed by atoms with Crippen molar-refractivity contribution >= 4 is 40.3 Å². The molecule has 0 radical (unpaired) electrons. The van der Waals surface area contributed by atoms with Gasteiger partial charge in [-0.05, 0) is 69.1 Å². The minimum absolute atomic E-state index is 0.00291. The summed E-state index contributed by atoms with van der Waals surface area (Å²) >= 11 is 0. The zero-order valence-electron chi connectivity index (χ0n) is 26.9. The minimum atomic E-state index is -0.845. The highest BCUT2D eigenvalue weighted by Gasteiger charge is 2.25. The number of nitrogens with two attached hydrogens (primary N) is 1. The maximum Gasteiger partial charge on any atom is 0.261 e. The lowest BCUT2D eigenvalue weighted by molar-refractivity contribution is -0.129. The summed E-state index contributed by atoms with van der Waals surface area (Å²) in [6.45, 7) is 4.37. The van der Waals surface area contributed by atoms with E-state index in [1.807, 2.05) is 44.2 Å². The second kappa shape index (κ2) is 15.4. The Hall–Kier alpha value is -5.56. The second-order valence-electron chi connectivity index (χ2n) is 11.6. The third-order valence-electron chi connectivity index (χ3n) is 7.98. The number of rotatable bonds is 7. The number of fused-ring (bicyclic) bond motifs is 2.